The highest BCUT2D eigenvalue weighted by Crippen LogP contribution is 2.20. The molecule has 13 N–H and O–H groups in total. The van der Waals surface area contributed by atoms with Crippen LogP contribution in [-0.4, -0.2) is 89.4 Å². The van der Waals surface area contributed by atoms with Gasteiger partial charge < -0.3 is 49.3 Å². The lowest BCUT2D eigenvalue weighted by atomic mass is 10.0. The van der Waals surface area contributed by atoms with E-state index in [4.69, 9.17) is 28.7 Å². The Balaban J connectivity index is 2.92. The van der Waals surface area contributed by atoms with Crippen LogP contribution in [-0.2, 0) is 19.2 Å². The summed E-state index contributed by atoms with van der Waals surface area (Å²) in [5.74, 6) is -3.20. The number of rotatable bonds is 15. The first-order chi connectivity index (χ1) is 17.3. The molecule has 1 saturated heterocycles. The Kier molecular flexibility index (Phi) is 13.1. The highest BCUT2D eigenvalue weighted by atomic mass is 16.4. The molecule has 37 heavy (non-hydrogen) atoms. The van der Waals surface area contributed by atoms with Gasteiger partial charge in [0.1, 0.15) is 18.1 Å². The molecule has 0 saturated carbocycles. The summed E-state index contributed by atoms with van der Waals surface area (Å²) in [5, 5.41) is 14.8. The fraction of sp³-hybridized carbons (Fsp3) is 0.727. The van der Waals surface area contributed by atoms with Crippen LogP contribution in [0.1, 0.15) is 52.4 Å². The second-order valence-electron chi connectivity index (χ2n) is 9.32. The standard InChI is InChI=1S/C22H42N10O5/c1-12(2)16(31-17(33)13(23)6-3-9-28-21(24)25)18(34)30-14(7-4-10-29-22(26)27)19(35)32-11-5-8-15(32)20(36)37/h12-16H,3-11,23H2,1-2H3,(H,30,34)(H,31,33)(H,36,37)(H4,24,25,28)(H4,26,27,29). The number of likely N-dealkylation sites (tertiary alicyclic amines) is 1. The quantitative estimate of drug-likeness (QED) is 0.0613. The number of nitrogens with two attached hydrogens (primary N) is 5. The second-order valence-corrected chi connectivity index (χ2v) is 9.32. The molecule has 0 aromatic heterocycles. The van der Waals surface area contributed by atoms with Gasteiger partial charge in [-0.15, -0.1) is 0 Å². The van der Waals surface area contributed by atoms with Gasteiger partial charge in [0.25, 0.3) is 0 Å². The first kappa shape index (κ1) is 31.4. The zero-order chi connectivity index (χ0) is 28.1. The Morgan fingerprint density at radius 2 is 1.51 bits per heavy atom. The van der Waals surface area contributed by atoms with Crippen molar-refractivity contribution in [1.29, 1.82) is 0 Å². The Morgan fingerprint density at radius 1 is 0.946 bits per heavy atom. The monoisotopic (exact) mass is 526 g/mol. The minimum Gasteiger partial charge on any atom is -0.480 e. The van der Waals surface area contributed by atoms with E-state index in [1.54, 1.807) is 13.8 Å². The van der Waals surface area contributed by atoms with Crippen LogP contribution in [0.4, 0.5) is 0 Å². The maximum absolute atomic E-state index is 13.3. The molecule has 15 heteroatoms. The van der Waals surface area contributed by atoms with Crippen molar-refractivity contribution >= 4 is 35.6 Å². The van der Waals surface area contributed by atoms with Gasteiger partial charge in [-0.25, -0.2) is 4.79 Å². The predicted molar refractivity (Wildman–Crippen MR) is 139 cm³/mol. The summed E-state index contributed by atoms with van der Waals surface area (Å²) in [6.07, 6.45) is 2.18. The Bertz CT molecular complexity index is 855. The molecule has 1 aliphatic rings. The molecule has 1 heterocycles. The van der Waals surface area contributed by atoms with Crippen molar-refractivity contribution in [3.8, 4) is 0 Å². The number of aliphatic carboxylic acids is 1. The molecule has 4 atom stereocenters. The maximum Gasteiger partial charge on any atom is 0.326 e. The number of carboxylic acid groups (broad SMARTS) is 1. The number of carbonyl (C=O) groups excluding carboxylic acids is 3. The van der Waals surface area contributed by atoms with E-state index in [9.17, 15) is 24.3 Å². The zero-order valence-corrected chi connectivity index (χ0v) is 21.6. The predicted octanol–water partition coefficient (Wildman–Crippen LogP) is -2.88. The summed E-state index contributed by atoms with van der Waals surface area (Å²) in [4.78, 5) is 59.7. The minimum atomic E-state index is -1.10. The lowest BCUT2D eigenvalue weighted by Crippen LogP contribution is -2.58. The van der Waals surface area contributed by atoms with Crippen LogP contribution in [0.2, 0.25) is 0 Å². The zero-order valence-electron chi connectivity index (χ0n) is 21.6. The molecular formula is C22H42N10O5. The number of aliphatic imine (C=N–C) groups is 2. The summed E-state index contributed by atoms with van der Waals surface area (Å²) in [6.45, 7) is 4.30. The SMILES string of the molecule is CC(C)C(NC(=O)C(N)CCCN=C(N)N)C(=O)NC(CCCN=C(N)N)C(=O)N1CCCC1C(=O)O. The summed E-state index contributed by atoms with van der Waals surface area (Å²) in [5.41, 5.74) is 27.2. The molecule has 3 amide bonds. The van der Waals surface area contributed by atoms with Crippen molar-refractivity contribution in [2.24, 2.45) is 44.6 Å². The van der Waals surface area contributed by atoms with E-state index in [0.717, 1.165) is 0 Å². The van der Waals surface area contributed by atoms with Crippen molar-refractivity contribution in [2.75, 3.05) is 19.6 Å². The summed E-state index contributed by atoms with van der Waals surface area (Å²) < 4.78 is 0. The molecule has 1 aliphatic heterocycles. The molecule has 210 valence electrons. The largest absolute Gasteiger partial charge is 0.480 e. The minimum absolute atomic E-state index is 0.0550. The van der Waals surface area contributed by atoms with Gasteiger partial charge in [0.15, 0.2) is 11.9 Å². The van der Waals surface area contributed by atoms with Crippen molar-refractivity contribution in [1.82, 2.24) is 15.5 Å². The van der Waals surface area contributed by atoms with Crippen LogP contribution in [0.25, 0.3) is 0 Å². The number of hydrogen-bond acceptors (Lipinski definition) is 7. The first-order valence-electron chi connectivity index (χ1n) is 12.4. The van der Waals surface area contributed by atoms with Crippen LogP contribution in [0.3, 0.4) is 0 Å². The van der Waals surface area contributed by atoms with Crippen LogP contribution in [0, 0.1) is 5.92 Å². The molecule has 0 aliphatic carbocycles. The van der Waals surface area contributed by atoms with E-state index in [-0.39, 0.29) is 37.3 Å². The van der Waals surface area contributed by atoms with Gasteiger partial charge in [0, 0.05) is 19.6 Å². The van der Waals surface area contributed by atoms with Gasteiger partial charge in [-0.05, 0) is 44.4 Å². The van der Waals surface area contributed by atoms with Gasteiger partial charge in [-0.2, -0.15) is 0 Å². The molecule has 0 aromatic rings. The Labute approximate surface area is 216 Å². The molecule has 15 nitrogen and oxygen atoms in total. The van der Waals surface area contributed by atoms with E-state index in [1.165, 1.54) is 4.90 Å². The van der Waals surface area contributed by atoms with E-state index in [1.807, 2.05) is 0 Å². The van der Waals surface area contributed by atoms with Crippen molar-refractivity contribution < 1.29 is 24.3 Å². The highest BCUT2D eigenvalue weighted by molar-refractivity contribution is 5.94. The number of carbonyl (C=O) groups is 4. The highest BCUT2D eigenvalue weighted by Gasteiger charge is 2.38. The number of amides is 3. The topological polar surface area (TPSA) is 271 Å². The van der Waals surface area contributed by atoms with Crippen LogP contribution in [0.5, 0.6) is 0 Å². The van der Waals surface area contributed by atoms with Gasteiger partial charge >= 0.3 is 5.97 Å². The van der Waals surface area contributed by atoms with E-state index in [0.29, 0.717) is 38.6 Å². The lowest BCUT2D eigenvalue weighted by molar-refractivity contribution is -0.149. The van der Waals surface area contributed by atoms with Gasteiger partial charge in [-0.1, -0.05) is 13.8 Å². The number of nitrogens with one attached hydrogen (secondary N) is 2. The van der Waals surface area contributed by atoms with Crippen molar-refractivity contribution in [3.05, 3.63) is 0 Å². The number of nitrogens with zero attached hydrogens (tertiary/aromatic N) is 3. The third kappa shape index (κ3) is 10.9. The smallest absolute Gasteiger partial charge is 0.326 e. The van der Waals surface area contributed by atoms with Crippen LogP contribution < -0.4 is 39.3 Å². The fourth-order valence-corrected chi connectivity index (χ4v) is 3.96. The second kappa shape index (κ2) is 15.5. The van der Waals surface area contributed by atoms with E-state index in [2.05, 4.69) is 20.6 Å². The normalized spacial score (nSPS) is 17.4. The maximum atomic E-state index is 13.3. The molecule has 1 fully saturated rings. The molecule has 0 bridgehead atoms. The summed E-state index contributed by atoms with van der Waals surface area (Å²) >= 11 is 0. The number of hydrogen-bond donors (Lipinski definition) is 8. The Hall–Kier alpha value is -3.62. The lowest BCUT2D eigenvalue weighted by Gasteiger charge is -2.30. The van der Waals surface area contributed by atoms with Gasteiger partial charge in [-0.3, -0.25) is 24.4 Å². The molecule has 0 spiro atoms. The number of carboxylic acids is 1. The van der Waals surface area contributed by atoms with Crippen molar-refractivity contribution in [2.45, 2.75) is 76.5 Å². The van der Waals surface area contributed by atoms with Crippen LogP contribution in [0.15, 0.2) is 9.98 Å². The number of guanidine groups is 2. The molecule has 0 aromatic carbocycles. The third-order valence-electron chi connectivity index (χ3n) is 5.93. The van der Waals surface area contributed by atoms with Gasteiger partial charge in [0.05, 0.1) is 6.04 Å². The average Bonchev–Trinajstić information content (AvgIpc) is 3.31. The molecule has 1 rings (SSSR count). The first-order valence-corrected chi connectivity index (χ1v) is 12.4. The third-order valence-corrected chi connectivity index (χ3v) is 5.93. The van der Waals surface area contributed by atoms with Crippen LogP contribution >= 0.6 is 0 Å². The summed E-state index contributed by atoms with van der Waals surface area (Å²) in [6, 6.07) is -3.84. The Morgan fingerprint density at radius 3 is 2.03 bits per heavy atom. The van der Waals surface area contributed by atoms with E-state index < -0.39 is 47.9 Å². The van der Waals surface area contributed by atoms with E-state index >= 15 is 0 Å². The van der Waals surface area contributed by atoms with Gasteiger partial charge in [0.2, 0.25) is 17.7 Å². The molecule has 4 unspecified atom stereocenters. The molecular weight excluding hydrogens is 484 g/mol. The molecule has 0 radical (unpaired) electrons. The fourth-order valence-electron chi connectivity index (χ4n) is 3.96. The summed E-state index contributed by atoms with van der Waals surface area (Å²) in [7, 11) is 0. The average molecular weight is 527 g/mol. The van der Waals surface area contributed by atoms with Crippen molar-refractivity contribution in [3.63, 3.8) is 0 Å².